The molecule has 116 valence electrons. The van der Waals surface area contributed by atoms with Crippen molar-refractivity contribution >= 4 is 11.9 Å². The molecular weight excluding hydrogens is 272 g/mol. The fourth-order valence-electron chi connectivity index (χ4n) is 2.11. The fourth-order valence-corrected chi connectivity index (χ4v) is 2.11. The van der Waals surface area contributed by atoms with Crippen LogP contribution in [0.2, 0.25) is 0 Å². The number of nitrogens with zero attached hydrogens (tertiary/aromatic N) is 4. The third-order valence-corrected chi connectivity index (χ3v) is 3.22. The molecule has 0 bridgehead atoms. The molecule has 0 radical (unpaired) electrons. The van der Waals surface area contributed by atoms with E-state index < -0.39 is 5.60 Å². The lowest BCUT2D eigenvalue weighted by molar-refractivity contribution is 0.0240. The van der Waals surface area contributed by atoms with Gasteiger partial charge in [0.2, 0.25) is 0 Å². The van der Waals surface area contributed by atoms with Gasteiger partial charge >= 0.3 is 6.09 Å². The van der Waals surface area contributed by atoms with Gasteiger partial charge in [-0.2, -0.15) is 0 Å². The maximum absolute atomic E-state index is 12.0. The molecule has 1 N–H and O–H groups in total. The first-order valence-corrected chi connectivity index (χ1v) is 7.01. The maximum atomic E-state index is 12.0. The SMILES string of the molecule is Cc1ncnc(N2CCN(C(=O)OC(C)(C)C)CC2)c1O. The average Bonchev–Trinajstić information content (AvgIpc) is 2.40. The van der Waals surface area contributed by atoms with Gasteiger partial charge in [-0.25, -0.2) is 14.8 Å². The minimum atomic E-state index is -0.490. The average molecular weight is 294 g/mol. The first-order chi connectivity index (χ1) is 9.78. The van der Waals surface area contributed by atoms with Crippen LogP contribution in [-0.2, 0) is 4.74 Å². The zero-order chi connectivity index (χ0) is 15.6. The number of carbonyl (C=O) groups excluding carboxylic acids is 1. The summed E-state index contributed by atoms with van der Waals surface area (Å²) in [7, 11) is 0. The number of aromatic nitrogens is 2. The first-order valence-electron chi connectivity index (χ1n) is 7.01. The van der Waals surface area contributed by atoms with Crippen molar-refractivity contribution in [2.75, 3.05) is 31.1 Å². The summed E-state index contributed by atoms with van der Waals surface area (Å²) in [5, 5.41) is 10.0. The minimum absolute atomic E-state index is 0.100. The van der Waals surface area contributed by atoms with Gasteiger partial charge in [0, 0.05) is 26.2 Å². The van der Waals surface area contributed by atoms with Gasteiger partial charge in [0.25, 0.3) is 0 Å². The van der Waals surface area contributed by atoms with Crippen LogP contribution in [0.1, 0.15) is 26.5 Å². The lowest BCUT2D eigenvalue weighted by Crippen LogP contribution is -2.50. The third kappa shape index (κ3) is 3.74. The molecule has 0 saturated carbocycles. The van der Waals surface area contributed by atoms with Crippen molar-refractivity contribution < 1.29 is 14.6 Å². The molecular formula is C14H22N4O3. The summed E-state index contributed by atoms with van der Waals surface area (Å²) in [5.74, 6) is 0.620. The zero-order valence-corrected chi connectivity index (χ0v) is 13.0. The molecule has 0 aliphatic carbocycles. The number of rotatable bonds is 1. The normalized spacial score (nSPS) is 16.0. The molecule has 7 heteroatoms. The number of aromatic hydroxyl groups is 1. The van der Waals surface area contributed by atoms with Crippen molar-refractivity contribution in [2.45, 2.75) is 33.3 Å². The van der Waals surface area contributed by atoms with Gasteiger partial charge in [0.1, 0.15) is 11.9 Å². The van der Waals surface area contributed by atoms with Crippen LogP contribution in [0.25, 0.3) is 0 Å². The molecule has 1 fully saturated rings. The van der Waals surface area contributed by atoms with Crippen LogP contribution in [-0.4, -0.2) is 57.8 Å². The predicted molar refractivity (Wildman–Crippen MR) is 78.5 cm³/mol. The van der Waals surface area contributed by atoms with Gasteiger partial charge in [0.05, 0.1) is 5.69 Å². The van der Waals surface area contributed by atoms with Crippen molar-refractivity contribution in [3.8, 4) is 5.75 Å². The number of anilines is 1. The van der Waals surface area contributed by atoms with E-state index in [1.54, 1.807) is 11.8 Å². The summed E-state index contributed by atoms with van der Waals surface area (Å²) in [6.07, 6.45) is 1.13. The molecule has 0 spiro atoms. The van der Waals surface area contributed by atoms with Crippen molar-refractivity contribution in [2.24, 2.45) is 0 Å². The fraction of sp³-hybridized carbons (Fsp3) is 0.643. The third-order valence-electron chi connectivity index (χ3n) is 3.22. The summed E-state index contributed by atoms with van der Waals surface area (Å²) in [6, 6.07) is 0. The number of hydrogen-bond acceptors (Lipinski definition) is 6. The number of aryl methyl sites for hydroxylation is 1. The molecule has 0 atom stereocenters. The van der Waals surface area contributed by atoms with Gasteiger partial charge < -0.3 is 19.6 Å². The Bertz CT molecular complexity index is 519. The molecule has 0 unspecified atom stereocenters. The van der Waals surface area contributed by atoms with Crippen LogP contribution in [0.4, 0.5) is 10.6 Å². The van der Waals surface area contributed by atoms with Crippen molar-refractivity contribution in [3.63, 3.8) is 0 Å². The Hall–Kier alpha value is -2.05. The van der Waals surface area contributed by atoms with E-state index in [4.69, 9.17) is 4.74 Å². The van der Waals surface area contributed by atoms with Crippen molar-refractivity contribution in [1.29, 1.82) is 0 Å². The van der Waals surface area contributed by atoms with E-state index in [0.717, 1.165) is 0 Å². The number of hydrogen-bond donors (Lipinski definition) is 1. The van der Waals surface area contributed by atoms with Crippen LogP contribution in [0.3, 0.4) is 0 Å². The highest BCUT2D eigenvalue weighted by Gasteiger charge is 2.27. The molecule has 7 nitrogen and oxygen atoms in total. The monoisotopic (exact) mass is 294 g/mol. The standard InChI is InChI=1S/C14H22N4O3/c1-10-11(19)12(16-9-15-10)17-5-7-18(8-6-17)13(20)21-14(2,3)4/h9,19H,5-8H2,1-4H3. The van der Waals surface area contributed by atoms with E-state index >= 15 is 0 Å². The molecule has 1 aromatic heterocycles. The first kappa shape index (κ1) is 15.3. The summed E-state index contributed by atoms with van der Waals surface area (Å²) < 4.78 is 5.35. The smallest absolute Gasteiger partial charge is 0.410 e. The summed E-state index contributed by atoms with van der Waals surface area (Å²) in [4.78, 5) is 23.7. The van der Waals surface area contributed by atoms with Gasteiger partial charge in [-0.15, -0.1) is 0 Å². The Labute approximate surface area is 124 Å². The van der Waals surface area contributed by atoms with E-state index in [0.29, 0.717) is 37.7 Å². The number of piperazine rings is 1. The molecule has 2 rings (SSSR count). The second kappa shape index (κ2) is 5.75. The molecule has 1 aromatic rings. The van der Waals surface area contributed by atoms with E-state index in [2.05, 4.69) is 9.97 Å². The predicted octanol–water partition coefficient (Wildman–Crippen LogP) is 1.55. The van der Waals surface area contributed by atoms with Crippen molar-refractivity contribution in [3.05, 3.63) is 12.0 Å². The number of ether oxygens (including phenoxy) is 1. The highest BCUT2D eigenvalue weighted by Crippen LogP contribution is 2.27. The molecule has 1 aliphatic rings. The summed E-state index contributed by atoms with van der Waals surface area (Å²) in [5.41, 5.74) is 0.0607. The summed E-state index contributed by atoms with van der Waals surface area (Å²) in [6.45, 7) is 9.56. The van der Waals surface area contributed by atoms with Crippen LogP contribution < -0.4 is 4.90 Å². The molecule has 1 amide bonds. The Kier molecular flexibility index (Phi) is 4.20. The van der Waals surface area contributed by atoms with Crippen LogP contribution in [0.5, 0.6) is 5.75 Å². The van der Waals surface area contributed by atoms with Crippen LogP contribution in [0.15, 0.2) is 6.33 Å². The van der Waals surface area contributed by atoms with E-state index in [1.807, 2.05) is 25.7 Å². The Morgan fingerprint density at radius 1 is 1.24 bits per heavy atom. The van der Waals surface area contributed by atoms with Gasteiger partial charge in [-0.05, 0) is 27.7 Å². The maximum Gasteiger partial charge on any atom is 0.410 e. The second-order valence-corrected chi connectivity index (χ2v) is 6.09. The quantitative estimate of drug-likeness (QED) is 0.846. The number of carbonyl (C=O) groups is 1. The van der Waals surface area contributed by atoms with Gasteiger partial charge in [-0.1, -0.05) is 0 Å². The van der Waals surface area contributed by atoms with Crippen molar-refractivity contribution in [1.82, 2.24) is 14.9 Å². The molecule has 2 heterocycles. The Balaban J connectivity index is 1.97. The lowest BCUT2D eigenvalue weighted by atomic mass is 10.2. The zero-order valence-electron chi connectivity index (χ0n) is 13.0. The van der Waals surface area contributed by atoms with Crippen LogP contribution in [0, 0.1) is 6.92 Å². The molecule has 1 aliphatic heterocycles. The van der Waals surface area contributed by atoms with E-state index in [9.17, 15) is 9.90 Å². The van der Waals surface area contributed by atoms with Crippen LogP contribution >= 0.6 is 0 Å². The van der Waals surface area contributed by atoms with E-state index in [1.165, 1.54) is 6.33 Å². The Morgan fingerprint density at radius 3 is 2.43 bits per heavy atom. The topological polar surface area (TPSA) is 78.8 Å². The summed E-state index contributed by atoms with van der Waals surface area (Å²) >= 11 is 0. The highest BCUT2D eigenvalue weighted by molar-refractivity contribution is 5.68. The Morgan fingerprint density at radius 2 is 1.86 bits per heavy atom. The van der Waals surface area contributed by atoms with Gasteiger partial charge in [-0.3, -0.25) is 0 Å². The highest BCUT2D eigenvalue weighted by atomic mass is 16.6. The molecule has 1 saturated heterocycles. The lowest BCUT2D eigenvalue weighted by Gasteiger charge is -2.36. The van der Waals surface area contributed by atoms with E-state index in [-0.39, 0.29) is 11.8 Å². The largest absolute Gasteiger partial charge is 0.503 e. The van der Waals surface area contributed by atoms with Gasteiger partial charge in [0.15, 0.2) is 11.6 Å². The number of amides is 1. The minimum Gasteiger partial charge on any atom is -0.503 e. The molecule has 0 aromatic carbocycles. The second-order valence-electron chi connectivity index (χ2n) is 6.09. The molecule has 21 heavy (non-hydrogen) atoms.